The topological polar surface area (TPSA) is 59.1 Å². The van der Waals surface area contributed by atoms with Crippen molar-refractivity contribution in [1.29, 1.82) is 0 Å². The van der Waals surface area contributed by atoms with E-state index in [0.29, 0.717) is 18.1 Å². The van der Waals surface area contributed by atoms with Crippen LogP contribution in [0.4, 0.5) is 11.4 Å². The summed E-state index contributed by atoms with van der Waals surface area (Å²) in [4.78, 5) is 31.4. The Morgan fingerprint density at radius 1 is 1.00 bits per heavy atom. The lowest BCUT2D eigenvalue weighted by Gasteiger charge is -2.55. The molecule has 1 unspecified atom stereocenters. The summed E-state index contributed by atoms with van der Waals surface area (Å²) < 4.78 is 11.3. The van der Waals surface area contributed by atoms with Crippen LogP contribution < -0.4 is 9.80 Å². The molecule has 2 saturated heterocycles. The molecule has 0 amide bonds. The minimum absolute atomic E-state index is 0.231. The molecular weight excluding hydrogens is 428 g/mol. The van der Waals surface area contributed by atoms with E-state index >= 15 is 0 Å². The fourth-order valence-corrected chi connectivity index (χ4v) is 5.48. The van der Waals surface area contributed by atoms with Crippen molar-refractivity contribution in [2.75, 3.05) is 29.4 Å². The van der Waals surface area contributed by atoms with E-state index in [-0.39, 0.29) is 6.42 Å². The third-order valence-corrected chi connectivity index (χ3v) is 7.33. The molecule has 2 fully saturated rings. The van der Waals surface area contributed by atoms with Crippen LogP contribution in [0.25, 0.3) is 0 Å². The molecule has 2 aromatic carbocycles. The van der Waals surface area contributed by atoms with Gasteiger partial charge in [0, 0.05) is 56.3 Å². The van der Waals surface area contributed by atoms with Crippen molar-refractivity contribution in [3.05, 3.63) is 58.1 Å². The number of esters is 2. The Morgan fingerprint density at radius 2 is 1.72 bits per heavy atom. The highest BCUT2D eigenvalue weighted by molar-refractivity contribution is 6.31. The lowest BCUT2D eigenvalue weighted by Crippen LogP contribution is -2.71. The van der Waals surface area contributed by atoms with Gasteiger partial charge in [-0.15, -0.1) is 0 Å². The van der Waals surface area contributed by atoms with E-state index in [4.69, 9.17) is 21.1 Å². The number of anilines is 2. The Bertz CT molecular complexity index is 1110. The molecule has 0 saturated carbocycles. The van der Waals surface area contributed by atoms with Gasteiger partial charge in [0.2, 0.25) is 0 Å². The standard InChI is InChI=1S/C25H27ClN2O4/c1-15-6-5-7-19(16(15)2)27-10-11-28-20-12-18(26)9-8-17(20)13-25(21(28)14-27)22(29)31-24(3,4)32-23(25)30/h5-9,12,21H,10-11,13-14H2,1-4H3. The summed E-state index contributed by atoms with van der Waals surface area (Å²) in [5, 5.41) is 0.630. The van der Waals surface area contributed by atoms with Crippen molar-refractivity contribution in [1.82, 2.24) is 0 Å². The maximum Gasteiger partial charge on any atom is 0.329 e. The lowest BCUT2D eigenvalue weighted by atomic mass is 9.69. The van der Waals surface area contributed by atoms with Crippen molar-refractivity contribution in [3.8, 4) is 0 Å². The van der Waals surface area contributed by atoms with Crippen LogP contribution in [-0.4, -0.2) is 43.4 Å². The van der Waals surface area contributed by atoms with Gasteiger partial charge in [-0.05, 0) is 48.7 Å². The summed E-state index contributed by atoms with van der Waals surface area (Å²) in [5.74, 6) is -2.30. The van der Waals surface area contributed by atoms with Crippen molar-refractivity contribution in [3.63, 3.8) is 0 Å². The van der Waals surface area contributed by atoms with E-state index in [0.717, 1.165) is 23.5 Å². The van der Waals surface area contributed by atoms with Crippen LogP contribution in [0.3, 0.4) is 0 Å². The van der Waals surface area contributed by atoms with Gasteiger partial charge in [-0.2, -0.15) is 0 Å². The first-order valence-corrected chi connectivity index (χ1v) is 11.3. The number of fused-ring (bicyclic) bond motifs is 4. The molecule has 1 atom stereocenters. The van der Waals surface area contributed by atoms with E-state index in [2.05, 4.69) is 35.8 Å². The molecule has 0 radical (unpaired) electrons. The SMILES string of the molecule is Cc1cccc(N2CCN3c4cc(Cl)ccc4CC4(C(=O)OC(C)(C)OC4=O)C3C2)c1C. The molecule has 3 aliphatic heterocycles. The zero-order valence-corrected chi connectivity index (χ0v) is 19.5. The van der Waals surface area contributed by atoms with E-state index < -0.39 is 29.2 Å². The molecule has 0 aromatic heterocycles. The van der Waals surface area contributed by atoms with Gasteiger partial charge in [0.25, 0.3) is 5.79 Å². The van der Waals surface area contributed by atoms with Crippen LogP contribution in [0.5, 0.6) is 0 Å². The third kappa shape index (κ3) is 3.07. The predicted molar refractivity (Wildman–Crippen MR) is 123 cm³/mol. The van der Waals surface area contributed by atoms with Gasteiger partial charge in [-0.25, -0.2) is 0 Å². The highest BCUT2D eigenvalue weighted by Gasteiger charge is 2.64. The molecule has 2 aromatic rings. The number of carbonyl (C=O) groups is 2. The maximum atomic E-state index is 13.5. The normalized spacial score (nSPS) is 23.3. The van der Waals surface area contributed by atoms with Crippen LogP contribution in [-0.2, 0) is 25.5 Å². The maximum absolute atomic E-state index is 13.5. The molecule has 0 N–H and O–H groups in total. The number of benzene rings is 2. The second-order valence-electron chi connectivity index (χ2n) is 9.47. The van der Waals surface area contributed by atoms with E-state index in [9.17, 15) is 9.59 Å². The molecule has 5 rings (SSSR count). The Hall–Kier alpha value is -2.73. The smallest absolute Gasteiger partial charge is 0.329 e. The van der Waals surface area contributed by atoms with Crippen molar-refractivity contribution < 1.29 is 19.1 Å². The molecule has 3 heterocycles. The van der Waals surface area contributed by atoms with Gasteiger partial charge in [0.1, 0.15) is 0 Å². The predicted octanol–water partition coefficient (Wildman–Crippen LogP) is 4.03. The summed E-state index contributed by atoms with van der Waals surface area (Å²) in [6, 6.07) is 11.4. The number of piperazine rings is 1. The molecule has 1 spiro atoms. The number of rotatable bonds is 1. The molecule has 3 aliphatic rings. The highest BCUT2D eigenvalue weighted by atomic mass is 35.5. The van der Waals surface area contributed by atoms with Crippen molar-refractivity contribution in [2.45, 2.75) is 45.9 Å². The van der Waals surface area contributed by atoms with Gasteiger partial charge in [-0.3, -0.25) is 9.59 Å². The van der Waals surface area contributed by atoms with E-state index in [1.807, 2.05) is 18.2 Å². The summed E-state index contributed by atoms with van der Waals surface area (Å²) >= 11 is 6.32. The van der Waals surface area contributed by atoms with E-state index in [1.165, 1.54) is 11.1 Å². The number of ether oxygens (including phenoxy) is 2. The number of nitrogens with zero attached hydrogens (tertiary/aromatic N) is 2. The van der Waals surface area contributed by atoms with Gasteiger partial charge < -0.3 is 19.3 Å². The van der Waals surface area contributed by atoms with Crippen LogP contribution in [0.2, 0.25) is 5.02 Å². The highest BCUT2D eigenvalue weighted by Crippen LogP contribution is 2.48. The zero-order valence-electron chi connectivity index (χ0n) is 18.8. The van der Waals surface area contributed by atoms with Crippen LogP contribution in [0, 0.1) is 19.3 Å². The fraction of sp³-hybridized carbons (Fsp3) is 0.440. The molecule has 6 nitrogen and oxygen atoms in total. The molecule has 7 heteroatoms. The Morgan fingerprint density at radius 3 is 2.44 bits per heavy atom. The van der Waals surface area contributed by atoms with E-state index in [1.54, 1.807) is 19.9 Å². The minimum Gasteiger partial charge on any atom is -0.422 e. The fourth-order valence-electron chi connectivity index (χ4n) is 5.31. The Balaban J connectivity index is 1.62. The molecule has 0 aliphatic carbocycles. The first kappa shape index (κ1) is 21.1. The largest absolute Gasteiger partial charge is 0.422 e. The first-order chi connectivity index (χ1) is 15.1. The summed E-state index contributed by atoms with van der Waals surface area (Å²) in [7, 11) is 0. The molecule has 32 heavy (non-hydrogen) atoms. The summed E-state index contributed by atoms with van der Waals surface area (Å²) in [6.45, 7) is 9.29. The zero-order chi connectivity index (χ0) is 22.8. The first-order valence-electron chi connectivity index (χ1n) is 11.0. The Kier molecular flexibility index (Phi) is 4.71. The number of aryl methyl sites for hydroxylation is 1. The number of hydrogen-bond acceptors (Lipinski definition) is 6. The number of hydrogen-bond donors (Lipinski definition) is 0. The molecular formula is C25H27ClN2O4. The van der Waals surface area contributed by atoms with Gasteiger partial charge in [-0.1, -0.05) is 29.8 Å². The van der Waals surface area contributed by atoms with Gasteiger partial charge >= 0.3 is 11.9 Å². The molecule has 0 bridgehead atoms. The van der Waals surface area contributed by atoms with Crippen LogP contribution in [0.15, 0.2) is 36.4 Å². The van der Waals surface area contributed by atoms with Crippen molar-refractivity contribution >= 4 is 34.9 Å². The Labute approximate surface area is 193 Å². The van der Waals surface area contributed by atoms with Crippen LogP contribution >= 0.6 is 11.6 Å². The minimum atomic E-state index is -1.42. The summed E-state index contributed by atoms with van der Waals surface area (Å²) in [6.07, 6.45) is 0.231. The number of cyclic esters (lactones) is 2. The van der Waals surface area contributed by atoms with Crippen molar-refractivity contribution in [2.24, 2.45) is 5.41 Å². The van der Waals surface area contributed by atoms with Gasteiger partial charge in [0.05, 0.1) is 6.04 Å². The quantitative estimate of drug-likeness (QED) is 0.479. The van der Waals surface area contributed by atoms with Crippen LogP contribution in [0.1, 0.15) is 30.5 Å². The van der Waals surface area contributed by atoms with Gasteiger partial charge in [0.15, 0.2) is 5.41 Å². The number of carbonyl (C=O) groups excluding carboxylic acids is 2. The average Bonchev–Trinajstić information content (AvgIpc) is 2.73. The third-order valence-electron chi connectivity index (χ3n) is 7.10. The average molecular weight is 455 g/mol. The lowest BCUT2D eigenvalue weighted by molar-refractivity contribution is -0.253. The second-order valence-corrected chi connectivity index (χ2v) is 9.91. The molecule has 168 valence electrons. The monoisotopic (exact) mass is 454 g/mol. The number of halogens is 1. The summed E-state index contributed by atoms with van der Waals surface area (Å²) in [5.41, 5.74) is 3.98. The second kappa shape index (κ2) is 7.14.